The summed E-state index contributed by atoms with van der Waals surface area (Å²) >= 11 is 0. The van der Waals surface area contributed by atoms with Gasteiger partial charge in [-0.25, -0.2) is 4.39 Å². The molecule has 0 aromatic heterocycles. The Balaban J connectivity index is 2.31. The van der Waals surface area contributed by atoms with Crippen molar-refractivity contribution in [3.63, 3.8) is 0 Å². The number of Topliss-reactive ketones (excluding diaryl/α,β-unsaturated/α-hetero) is 1. The van der Waals surface area contributed by atoms with Crippen LogP contribution in [0.5, 0.6) is 0 Å². The molecule has 0 aliphatic carbocycles. The largest absolute Gasteiger partial charge is 0.375 e. The highest BCUT2D eigenvalue weighted by Crippen LogP contribution is 2.27. The van der Waals surface area contributed by atoms with Gasteiger partial charge in [-0.3, -0.25) is 4.79 Å². The van der Waals surface area contributed by atoms with Gasteiger partial charge in [0.25, 0.3) is 0 Å². The maximum Gasteiger partial charge on any atom is 0.159 e. The molecular weight excluding hydrogens is 245 g/mol. The Morgan fingerprint density at radius 1 is 1.53 bits per heavy atom. The van der Waals surface area contributed by atoms with E-state index in [9.17, 15) is 9.18 Å². The Hall–Kier alpha value is -1.42. The standard InChI is InChI=1S/C15H20FNO2/c1-4-13-9-19-10(2)8-17(13)15-6-5-12(11(3)18)7-14(15)16/h5-7,10,13H,4,8-9H2,1-3H3. The Bertz CT molecular complexity index is 475. The topological polar surface area (TPSA) is 29.5 Å². The third kappa shape index (κ3) is 2.95. The lowest BCUT2D eigenvalue weighted by Crippen LogP contribution is -2.49. The van der Waals surface area contributed by atoms with Crippen LogP contribution in [0.25, 0.3) is 0 Å². The average molecular weight is 265 g/mol. The van der Waals surface area contributed by atoms with E-state index in [1.165, 1.54) is 13.0 Å². The van der Waals surface area contributed by atoms with Gasteiger partial charge in [0.2, 0.25) is 0 Å². The molecule has 1 aliphatic heterocycles. The highest BCUT2D eigenvalue weighted by molar-refractivity contribution is 5.94. The van der Waals surface area contributed by atoms with Crippen molar-refractivity contribution in [3.8, 4) is 0 Å². The number of carbonyl (C=O) groups excluding carboxylic acids is 1. The van der Waals surface area contributed by atoms with Crippen molar-refractivity contribution >= 4 is 11.5 Å². The van der Waals surface area contributed by atoms with Gasteiger partial charge in [-0.15, -0.1) is 0 Å². The molecule has 3 nitrogen and oxygen atoms in total. The number of morpholine rings is 1. The second-order valence-electron chi connectivity index (χ2n) is 5.08. The number of benzene rings is 1. The van der Waals surface area contributed by atoms with Crippen LogP contribution in [0.15, 0.2) is 18.2 Å². The number of nitrogens with zero attached hydrogens (tertiary/aromatic N) is 1. The first-order valence-electron chi connectivity index (χ1n) is 6.71. The number of anilines is 1. The predicted molar refractivity (Wildman–Crippen MR) is 73.2 cm³/mol. The molecule has 1 heterocycles. The summed E-state index contributed by atoms with van der Waals surface area (Å²) in [5.41, 5.74) is 0.975. The van der Waals surface area contributed by atoms with E-state index in [4.69, 9.17) is 4.74 Å². The quantitative estimate of drug-likeness (QED) is 0.787. The monoisotopic (exact) mass is 265 g/mol. The molecule has 2 rings (SSSR count). The van der Waals surface area contributed by atoms with E-state index in [1.807, 2.05) is 11.8 Å². The van der Waals surface area contributed by atoms with Crippen molar-refractivity contribution in [2.45, 2.75) is 39.3 Å². The van der Waals surface area contributed by atoms with E-state index in [2.05, 4.69) is 6.92 Å². The Morgan fingerprint density at radius 2 is 2.26 bits per heavy atom. The summed E-state index contributed by atoms with van der Waals surface area (Å²) in [5.74, 6) is -0.451. The summed E-state index contributed by atoms with van der Waals surface area (Å²) in [6, 6.07) is 4.90. The van der Waals surface area contributed by atoms with Gasteiger partial charge in [0.1, 0.15) is 5.82 Å². The minimum absolute atomic E-state index is 0.0923. The van der Waals surface area contributed by atoms with Crippen LogP contribution < -0.4 is 4.90 Å². The van der Waals surface area contributed by atoms with Crippen LogP contribution in [-0.4, -0.2) is 31.1 Å². The molecule has 2 atom stereocenters. The number of carbonyl (C=O) groups is 1. The first-order chi connectivity index (χ1) is 9.02. The number of hydrogen-bond donors (Lipinski definition) is 0. The van der Waals surface area contributed by atoms with E-state index in [-0.39, 0.29) is 23.7 Å². The summed E-state index contributed by atoms with van der Waals surface area (Å²) in [7, 11) is 0. The Morgan fingerprint density at radius 3 is 2.84 bits per heavy atom. The van der Waals surface area contributed by atoms with Gasteiger partial charge in [0.05, 0.1) is 24.4 Å². The van der Waals surface area contributed by atoms with Crippen LogP contribution in [0, 0.1) is 5.82 Å². The van der Waals surface area contributed by atoms with Crippen LogP contribution >= 0.6 is 0 Å². The lowest BCUT2D eigenvalue weighted by atomic mass is 10.1. The zero-order valence-electron chi connectivity index (χ0n) is 11.6. The van der Waals surface area contributed by atoms with E-state index in [1.54, 1.807) is 12.1 Å². The minimum Gasteiger partial charge on any atom is -0.375 e. The van der Waals surface area contributed by atoms with Crippen LogP contribution in [0.4, 0.5) is 10.1 Å². The summed E-state index contributed by atoms with van der Waals surface area (Å²) < 4.78 is 19.8. The maximum absolute atomic E-state index is 14.2. The van der Waals surface area contributed by atoms with Gasteiger partial charge < -0.3 is 9.64 Å². The van der Waals surface area contributed by atoms with Crippen molar-refractivity contribution in [1.29, 1.82) is 0 Å². The van der Waals surface area contributed by atoms with Gasteiger partial charge in [-0.05, 0) is 38.5 Å². The molecule has 104 valence electrons. The molecule has 1 saturated heterocycles. The zero-order chi connectivity index (χ0) is 14.0. The predicted octanol–water partition coefficient (Wildman–Crippen LogP) is 3.03. The lowest BCUT2D eigenvalue weighted by molar-refractivity contribution is 0.0297. The van der Waals surface area contributed by atoms with Gasteiger partial charge in [0.15, 0.2) is 5.78 Å². The second kappa shape index (κ2) is 5.70. The fourth-order valence-electron chi connectivity index (χ4n) is 2.44. The van der Waals surface area contributed by atoms with Crippen molar-refractivity contribution < 1.29 is 13.9 Å². The summed E-state index contributed by atoms with van der Waals surface area (Å²) in [4.78, 5) is 13.3. The van der Waals surface area contributed by atoms with E-state index in [0.29, 0.717) is 24.4 Å². The lowest BCUT2D eigenvalue weighted by Gasteiger charge is -2.40. The molecule has 1 fully saturated rings. The van der Waals surface area contributed by atoms with Crippen LogP contribution in [0.1, 0.15) is 37.6 Å². The van der Waals surface area contributed by atoms with Crippen LogP contribution in [0.2, 0.25) is 0 Å². The Labute approximate surface area is 113 Å². The minimum atomic E-state index is -0.333. The molecule has 1 aromatic rings. The molecule has 0 saturated carbocycles. The molecule has 0 spiro atoms. The van der Waals surface area contributed by atoms with Crippen molar-refractivity contribution in [2.24, 2.45) is 0 Å². The molecule has 1 aliphatic rings. The number of ether oxygens (including phenoxy) is 1. The molecule has 0 amide bonds. The summed E-state index contributed by atoms with van der Waals surface area (Å²) in [6.45, 7) is 6.79. The van der Waals surface area contributed by atoms with Crippen molar-refractivity contribution in [2.75, 3.05) is 18.1 Å². The molecule has 19 heavy (non-hydrogen) atoms. The smallest absolute Gasteiger partial charge is 0.159 e. The fraction of sp³-hybridized carbons (Fsp3) is 0.533. The van der Waals surface area contributed by atoms with E-state index < -0.39 is 0 Å². The van der Waals surface area contributed by atoms with Gasteiger partial charge in [0, 0.05) is 12.1 Å². The molecule has 0 radical (unpaired) electrons. The summed E-state index contributed by atoms with van der Waals surface area (Å²) in [6.07, 6.45) is 0.996. The van der Waals surface area contributed by atoms with Gasteiger partial charge in [-0.1, -0.05) is 6.92 Å². The number of hydrogen-bond acceptors (Lipinski definition) is 3. The molecule has 4 heteroatoms. The number of rotatable bonds is 3. The highest BCUT2D eigenvalue weighted by atomic mass is 19.1. The van der Waals surface area contributed by atoms with Gasteiger partial charge >= 0.3 is 0 Å². The number of halogens is 1. The van der Waals surface area contributed by atoms with Crippen molar-refractivity contribution in [1.82, 2.24) is 0 Å². The summed E-state index contributed by atoms with van der Waals surface area (Å²) in [5, 5.41) is 0. The zero-order valence-corrected chi connectivity index (χ0v) is 11.6. The second-order valence-corrected chi connectivity index (χ2v) is 5.08. The fourth-order valence-corrected chi connectivity index (χ4v) is 2.44. The van der Waals surface area contributed by atoms with E-state index in [0.717, 1.165) is 6.42 Å². The first-order valence-corrected chi connectivity index (χ1v) is 6.71. The normalized spacial score (nSPS) is 23.5. The highest BCUT2D eigenvalue weighted by Gasteiger charge is 2.27. The third-order valence-corrected chi connectivity index (χ3v) is 3.60. The van der Waals surface area contributed by atoms with Crippen LogP contribution in [-0.2, 0) is 4.74 Å². The van der Waals surface area contributed by atoms with Crippen molar-refractivity contribution in [3.05, 3.63) is 29.6 Å². The maximum atomic E-state index is 14.2. The molecule has 2 unspecified atom stereocenters. The molecule has 1 aromatic carbocycles. The number of ketones is 1. The van der Waals surface area contributed by atoms with Gasteiger partial charge in [-0.2, -0.15) is 0 Å². The van der Waals surface area contributed by atoms with E-state index >= 15 is 0 Å². The Kier molecular flexibility index (Phi) is 4.20. The average Bonchev–Trinajstić information content (AvgIpc) is 2.38. The SMILES string of the molecule is CCC1COC(C)CN1c1ccc(C(C)=O)cc1F. The van der Waals surface area contributed by atoms with Crippen LogP contribution in [0.3, 0.4) is 0 Å². The third-order valence-electron chi connectivity index (χ3n) is 3.60. The molecular formula is C15H20FNO2. The first kappa shape index (κ1) is 14.0. The molecule has 0 bridgehead atoms. The molecule has 0 N–H and O–H groups in total.